The van der Waals surface area contributed by atoms with E-state index in [1.165, 1.54) is 37.4 Å². The second kappa shape index (κ2) is 6.53. The van der Waals surface area contributed by atoms with Gasteiger partial charge in [-0.2, -0.15) is 0 Å². The number of nitro benzene ring substituents is 1. The van der Waals surface area contributed by atoms with Gasteiger partial charge in [-0.25, -0.2) is 4.39 Å². The Hall–Kier alpha value is -2.15. The molecule has 0 saturated carbocycles. The zero-order valence-electron chi connectivity index (χ0n) is 11.0. The van der Waals surface area contributed by atoms with E-state index in [-0.39, 0.29) is 23.9 Å². The van der Waals surface area contributed by atoms with Gasteiger partial charge in [-0.05, 0) is 18.2 Å². The quantitative estimate of drug-likeness (QED) is 0.598. The molecule has 110 valence electrons. The van der Waals surface area contributed by atoms with Crippen LogP contribution >= 0.6 is 15.9 Å². The molecular weight excluding hydrogens is 345 g/mol. The predicted octanol–water partition coefficient (Wildman–Crippen LogP) is 4.08. The molecule has 7 heteroatoms. The lowest BCUT2D eigenvalue weighted by Gasteiger charge is -2.09. The van der Waals surface area contributed by atoms with Crippen LogP contribution < -0.4 is 9.47 Å². The lowest BCUT2D eigenvalue weighted by molar-refractivity contribution is -0.386. The number of hydrogen-bond acceptors (Lipinski definition) is 4. The van der Waals surface area contributed by atoms with E-state index in [1.54, 1.807) is 6.07 Å². The van der Waals surface area contributed by atoms with Crippen molar-refractivity contribution in [1.29, 1.82) is 0 Å². The molecule has 0 radical (unpaired) electrons. The van der Waals surface area contributed by atoms with Crippen molar-refractivity contribution < 1.29 is 18.8 Å². The van der Waals surface area contributed by atoms with Gasteiger partial charge in [0.25, 0.3) is 0 Å². The fraction of sp³-hybridized carbons (Fsp3) is 0.143. The van der Waals surface area contributed by atoms with Gasteiger partial charge in [0.05, 0.1) is 12.0 Å². The van der Waals surface area contributed by atoms with E-state index < -0.39 is 4.92 Å². The molecular formula is C14H11BrFNO4. The fourth-order valence-corrected chi connectivity index (χ4v) is 2.15. The van der Waals surface area contributed by atoms with Gasteiger partial charge in [0, 0.05) is 22.2 Å². The second-order valence-electron chi connectivity index (χ2n) is 4.12. The molecule has 0 bridgehead atoms. The van der Waals surface area contributed by atoms with Crippen LogP contribution in [-0.4, -0.2) is 12.0 Å². The van der Waals surface area contributed by atoms with Gasteiger partial charge in [0.15, 0.2) is 0 Å². The van der Waals surface area contributed by atoms with Crippen molar-refractivity contribution in [3.8, 4) is 11.5 Å². The number of nitrogens with zero attached hydrogens (tertiary/aromatic N) is 1. The van der Waals surface area contributed by atoms with Crippen molar-refractivity contribution in [2.24, 2.45) is 0 Å². The SMILES string of the molecule is COc1ccc([N+](=O)[O-])c(OCc2ccc(F)cc2Br)c1. The predicted molar refractivity (Wildman–Crippen MR) is 78.1 cm³/mol. The Morgan fingerprint density at radius 2 is 2.05 bits per heavy atom. The third kappa shape index (κ3) is 3.69. The smallest absolute Gasteiger partial charge is 0.311 e. The van der Waals surface area contributed by atoms with Crippen molar-refractivity contribution in [1.82, 2.24) is 0 Å². The van der Waals surface area contributed by atoms with E-state index in [0.717, 1.165) is 0 Å². The van der Waals surface area contributed by atoms with Crippen molar-refractivity contribution >= 4 is 21.6 Å². The Morgan fingerprint density at radius 3 is 2.67 bits per heavy atom. The minimum Gasteiger partial charge on any atom is -0.497 e. The number of ether oxygens (including phenoxy) is 2. The largest absolute Gasteiger partial charge is 0.497 e. The molecule has 2 rings (SSSR count). The summed E-state index contributed by atoms with van der Waals surface area (Å²) < 4.78 is 24.0. The maximum Gasteiger partial charge on any atom is 0.311 e. The third-order valence-corrected chi connectivity index (χ3v) is 3.50. The highest BCUT2D eigenvalue weighted by Gasteiger charge is 2.16. The summed E-state index contributed by atoms with van der Waals surface area (Å²) in [7, 11) is 1.46. The van der Waals surface area contributed by atoms with E-state index in [0.29, 0.717) is 15.8 Å². The summed E-state index contributed by atoms with van der Waals surface area (Å²) in [5.41, 5.74) is 0.516. The first-order valence-corrected chi connectivity index (χ1v) is 6.69. The normalized spacial score (nSPS) is 10.2. The Morgan fingerprint density at radius 1 is 1.29 bits per heavy atom. The summed E-state index contributed by atoms with van der Waals surface area (Å²) in [6.07, 6.45) is 0. The first-order chi connectivity index (χ1) is 10.0. The van der Waals surface area contributed by atoms with Crippen molar-refractivity contribution in [3.63, 3.8) is 0 Å². The minimum absolute atomic E-state index is 0.0644. The van der Waals surface area contributed by atoms with Crippen LogP contribution in [0.5, 0.6) is 11.5 Å². The summed E-state index contributed by atoms with van der Waals surface area (Å²) >= 11 is 3.22. The molecule has 5 nitrogen and oxygen atoms in total. The molecule has 2 aromatic rings. The number of nitro groups is 1. The standard InChI is InChI=1S/C14H11BrFNO4/c1-20-11-4-5-13(17(18)19)14(7-11)21-8-9-2-3-10(16)6-12(9)15/h2-7H,8H2,1H3. The van der Waals surface area contributed by atoms with Crippen LogP contribution in [0.4, 0.5) is 10.1 Å². The highest BCUT2D eigenvalue weighted by Crippen LogP contribution is 2.32. The summed E-state index contributed by atoms with van der Waals surface area (Å²) in [6, 6.07) is 8.38. The van der Waals surface area contributed by atoms with Gasteiger partial charge < -0.3 is 9.47 Å². The maximum atomic E-state index is 13.0. The molecule has 0 atom stereocenters. The van der Waals surface area contributed by atoms with Gasteiger partial charge in [0.1, 0.15) is 18.2 Å². The Balaban J connectivity index is 2.24. The van der Waals surface area contributed by atoms with E-state index in [2.05, 4.69) is 15.9 Å². The molecule has 2 aromatic carbocycles. The highest BCUT2D eigenvalue weighted by atomic mass is 79.9. The summed E-state index contributed by atoms with van der Waals surface area (Å²) in [4.78, 5) is 10.4. The second-order valence-corrected chi connectivity index (χ2v) is 4.97. The van der Waals surface area contributed by atoms with E-state index in [1.807, 2.05) is 0 Å². The third-order valence-electron chi connectivity index (χ3n) is 2.76. The molecule has 0 aliphatic rings. The van der Waals surface area contributed by atoms with E-state index in [9.17, 15) is 14.5 Å². The lowest BCUT2D eigenvalue weighted by atomic mass is 10.2. The number of halogens is 2. The lowest BCUT2D eigenvalue weighted by Crippen LogP contribution is -2.00. The summed E-state index contributed by atoms with van der Waals surface area (Å²) in [5.74, 6) is 0.169. The highest BCUT2D eigenvalue weighted by molar-refractivity contribution is 9.10. The van der Waals surface area contributed by atoms with E-state index in [4.69, 9.17) is 9.47 Å². The topological polar surface area (TPSA) is 61.6 Å². The van der Waals surface area contributed by atoms with Crippen LogP contribution in [0.25, 0.3) is 0 Å². The van der Waals surface area contributed by atoms with Crippen LogP contribution in [0.2, 0.25) is 0 Å². The van der Waals surface area contributed by atoms with Crippen molar-refractivity contribution in [2.45, 2.75) is 6.61 Å². The molecule has 0 amide bonds. The monoisotopic (exact) mass is 355 g/mol. The van der Waals surface area contributed by atoms with Gasteiger partial charge in [-0.15, -0.1) is 0 Å². The van der Waals surface area contributed by atoms with Crippen molar-refractivity contribution in [3.05, 3.63) is 62.4 Å². The first kappa shape index (κ1) is 15.2. The number of hydrogen-bond donors (Lipinski definition) is 0. The van der Waals surface area contributed by atoms with Gasteiger partial charge in [0.2, 0.25) is 5.75 Å². The van der Waals surface area contributed by atoms with Crippen LogP contribution in [0.15, 0.2) is 40.9 Å². The Bertz CT molecular complexity index is 678. The number of methoxy groups -OCH3 is 1. The molecule has 0 aliphatic heterocycles. The van der Waals surface area contributed by atoms with Gasteiger partial charge in [-0.1, -0.05) is 22.0 Å². The van der Waals surface area contributed by atoms with E-state index >= 15 is 0 Å². The number of rotatable bonds is 5. The molecule has 21 heavy (non-hydrogen) atoms. The number of benzene rings is 2. The zero-order chi connectivity index (χ0) is 15.4. The molecule has 0 heterocycles. The zero-order valence-corrected chi connectivity index (χ0v) is 12.6. The summed E-state index contributed by atoms with van der Waals surface area (Å²) in [5, 5.41) is 11.0. The molecule has 0 spiro atoms. The Labute approximate surface area is 128 Å². The maximum absolute atomic E-state index is 13.0. The average molecular weight is 356 g/mol. The summed E-state index contributed by atoms with van der Waals surface area (Å²) in [6.45, 7) is 0.0644. The molecule has 0 aromatic heterocycles. The average Bonchev–Trinajstić information content (AvgIpc) is 2.45. The van der Waals surface area contributed by atoms with Crippen LogP contribution in [0, 0.1) is 15.9 Å². The van der Waals surface area contributed by atoms with Gasteiger partial charge >= 0.3 is 5.69 Å². The molecule has 0 unspecified atom stereocenters. The molecule has 0 fully saturated rings. The van der Waals surface area contributed by atoms with Gasteiger partial charge in [-0.3, -0.25) is 10.1 Å². The van der Waals surface area contributed by atoms with Crippen molar-refractivity contribution in [2.75, 3.05) is 7.11 Å². The molecule has 0 saturated heterocycles. The van der Waals surface area contributed by atoms with Crippen LogP contribution in [0.1, 0.15) is 5.56 Å². The Kier molecular flexibility index (Phi) is 4.74. The van der Waals surface area contributed by atoms with Crippen LogP contribution in [0.3, 0.4) is 0 Å². The first-order valence-electron chi connectivity index (χ1n) is 5.90. The molecule has 0 N–H and O–H groups in total. The fourth-order valence-electron chi connectivity index (χ4n) is 1.68. The minimum atomic E-state index is -0.533. The van der Waals surface area contributed by atoms with Crippen LogP contribution in [-0.2, 0) is 6.61 Å². The molecule has 0 aliphatic carbocycles.